The van der Waals surface area contributed by atoms with Crippen LogP contribution in [0.15, 0.2) is 17.5 Å². The quantitative estimate of drug-likeness (QED) is 0.750. The summed E-state index contributed by atoms with van der Waals surface area (Å²) in [6.07, 6.45) is 3.91. The van der Waals surface area contributed by atoms with E-state index in [1.165, 1.54) is 17.8 Å². The molecule has 0 radical (unpaired) electrons. The number of likely N-dealkylation sites (tertiary alicyclic amines) is 1. The molecule has 1 aliphatic heterocycles. The van der Waals surface area contributed by atoms with E-state index >= 15 is 0 Å². The lowest BCUT2D eigenvalue weighted by Gasteiger charge is -2.39. The lowest BCUT2D eigenvalue weighted by atomic mass is 9.94. The number of ketones is 1. The Kier molecular flexibility index (Phi) is 5.13. The van der Waals surface area contributed by atoms with Gasteiger partial charge in [0, 0.05) is 20.1 Å². The fourth-order valence-electron chi connectivity index (χ4n) is 2.69. The highest BCUT2D eigenvalue weighted by atomic mass is 32.1. The third-order valence-corrected chi connectivity index (χ3v) is 4.82. The third-order valence-electron chi connectivity index (χ3n) is 3.91. The second-order valence-electron chi connectivity index (χ2n) is 5.54. The zero-order valence-electron chi connectivity index (χ0n) is 11.9. The first-order chi connectivity index (χ1) is 9.13. The smallest absolute Gasteiger partial charge is 0.172 e. The van der Waals surface area contributed by atoms with Crippen molar-refractivity contribution in [3.8, 4) is 0 Å². The predicted octanol–water partition coefficient (Wildman–Crippen LogP) is 3.21. The molecule has 3 nitrogen and oxygen atoms in total. The Morgan fingerprint density at radius 1 is 1.58 bits per heavy atom. The molecular formula is C15H23NO2S. The van der Waals surface area contributed by atoms with Gasteiger partial charge in [0.1, 0.15) is 0 Å². The highest BCUT2D eigenvalue weighted by Gasteiger charge is 2.30. The maximum Gasteiger partial charge on any atom is 0.172 e. The van der Waals surface area contributed by atoms with E-state index in [9.17, 15) is 4.79 Å². The van der Waals surface area contributed by atoms with Gasteiger partial charge in [-0.25, -0.2) is 0 Å². The Morgan fingerprint density at radius 3 is 3.11 bits per heavy atom. The van der Waals surface area contributed by atoms with Crippen LogP contribution in [0.4, 0.5) is 0 Å². The molecule has 1 aromatic rings. The molecule has 1 aromatic heterocycles. The van der Waals surface area contributed by atoms with Gasteiger partial charge in [0.2, 0.25) is 0 Å². The van der Waals surface area contributed by atoms with Crippen LogP contribution in [0.1, 0.15) is 42.3 Å². The van der Waals surface area contributed by atoms with Crippen molar-refractivity contribution < 1.29 is 9.53 Å². The number of hydrogen-bond donors (Lipinski definition) is 0. The predicted molar refractivity (Wildman–Crippen MR) is 79.0 cm³/mol. The van der Waals surface area contributed by atoms with Crippen LogP contribution in [-0.4, -0.2) is 43.0 Å². The fraction of sp³-hybridized carbons (Fsp3) is 0.667. The van der Waals surface area contributed by atoms with Crippen LogP contribution in [0.5, 0.6) is 0 Å². The fourth-order valence-corrected chi connectivity index (χ4v) is 3.38. The van der Waals surface area contributed by atoms with E-state index in [0.717, 1.165) is 37.4 Å². The van der Waals surface area contributed by atoms with Gasteiger partial charge in [-0.2, -0.15) is 0 Å². The Hall–Kier alpha value is -0.710. The molecule has 0 aliphatic carbocycles. The summed E-state index contributed by atoms with van der Waals surface area (Å²) in [6, 6.07) is 3.85. The van der Waals surface area contributed by atoms with Crippen molar-refractivity contribution >= 4 is 17.1 Å². The average Bonchev–Trinajstić information content (AvgIpc) is 2.93. The largest absolute Gasteiger partial charge is 0.377 e. The van der Waals surface area contributed by atoms with Crippen molar-refractivity contribution in [1.29, 1.82) is 0 Å². The van der Waals surface area contributed by atoms with Gasteiger partial charge in [-0.15, -0.1) is 11.3 Å². The SMILES string of the molecule is COC1(C)CCCN(CCCC(=O)c2cccs2)C1. The van der Waals surface area contributed by atoms with Gasteiger partial charge in [0.05, 0.1) is 10.5 Å². The van der Waals surface area contributed by atoms with Crippen molar-refractivity contribution in [3.63, 3.8) is 0 Å². The summed E-state index contributed by atoms with van der Waals surface area (Å²) in [4.78, 5) is 15.2. The first-order valence-corrected chi connectivity index (χ1v) is 7.85. The highest BCUT2D eigenvalue weighted by molar-refractivity contribution is 7.12. The Bertz CT molecular complexity index is 404. The number of methoxy groups -OCH3 is 1. The standard InChI is InChI=1S/C15H23NO2S/c1-15(18-2)8-5-10-16(12-15)9-3-6-13(17)14-7-4-11-19-14/h4,7,11H,3,5-6,8-10,12H2,1-2H3. The van der Waals surface area contributed by atoms with Crippen LogP contribution in [0.2, 0.25) is 0 Å². The number of hydrogen-bond acceptors (Lipinski definition) is 4. The maximum atomic E-state index is 11.9. The third kappa shape index (κ3) is 4.13. The van der Waals surface area contributed by atoms with Gasteiger partial charge >= 0.3 is 0 Å². The van der Waals surface area contributed by atoms with Gasteiger partial charge in [-0.05, 0) is 50.7 Å². The van der Waals surface area contributed by atoms with E-state index in [4.69, 9.17) is 4.74 Å². The lowest BCUT2D eigenvalue weighted by Crippen LogP contribution is -2.47. The molecular weight excluding hydrogens is 258 g/mol. The Morgan fingerprint density at radius 2 is 2.42 bits per heavy atom. The zero-order chi connectivity index (χ0) is 13.7. The minimum absolute atomic E-state index is 0.00396. The van der Waals surface area contributed by atoms with Gasteiger partial charge in [-0.1, -0.05) is 6.07 Å². The molecule has 0 N–H and O–H groups in total. The van der Waals surface area contributed by atoms with Crippen LogP contribution in [0.25, 0.3) is 0 Å². The van der Waals surface area contributed by atoms with Crippen LogP contribution in [0.3, 0.4) is 0 Å². The van der Waals surface area contributed by atoms with Crippen molar-refractivity contribution in [2.24, 2.45) is 0 Å². The van der Waals surface area contributed by atoms with Gasteiger partial charge in [0.15, 0.2) is 5.78 Å². The molecule has 0 aromatic carbocycles. The van der Waals surface area contributed by atoms with Crippen molar-refractivity contribution in [3.05, 3.63) is 22.4 Å². The number of ether oxygens (including phenoxy) is 1. The molecule has 4 heteroatoms. The molecule has 1 fully saturated rings. The molecule has 1 saturated heterocycles. The number of Topliss-reactive ketones (excluding diaryl/α,β-unsaturated/α-hetero) is 1. The van der Waals surface area contributed by atoms with E-state index in [-0.39, 0.29) is 11.4 Å². The molecule has 1 unspecified atom stereocenters. The molecule has 19 heavy (non-hydrogen) atoms. The first-order valence-electron chi connectivity index (χ1n) is 6.97. The number of thiophene rings is 1. The summed E-state index contributed by atoms with van der Waals surface area (Å²) in [5.41, 5.74) is -0.00396. The van der Waals surface area contributed by atoms with Gasteiger partial charge < -0.3 is 9.64 Å². The minimum Gasteiger partial charge on any atom is -0.377 e. The molecule has 0 bridgehead atoms. The second kappa shape index (κ2) is 6.64. The number of piperidine rings is 1. The summed E-state index contributed by atoms with van der Waals surface area (Å²) in [7, 11) is 1.80. The van der Waals surface area contributed by atoms with E-state index < -0.39 is 0 Å². The summed E-state index contributed by atoms with van der Waals surface area (Å²) >= 11 is 1.54. The molecule has 2 heterocycles. The number of carbonyl (C=O) groups is 1. The summed E-state index contributed by atoms with van der Waals surface area (Å²) < 4.78 is 5.59. The first kappa shape index (κ1) is 14.7. The summed E-state index contributed by atoms with van der Waals surface area (Å²) in [5.74, 6) is 0.279. The Labute approximate surface area is 119 Å². The molecule has 0 saturated carbocycles. The topological polar surface area (TPSA) is 29.5 Å². The van der Waals surface area contributed by atoms with Crippen molar-refractivity contribution in [2.75, 3.05) is 26.7 Å². The summed E-state index contributed by atoms with van der Waals surface area (Å²) in [5, 5.41) is 1.96. The van der Waals surface area contributed by atoms with Crippen LogP contribution in [-0.2, 0) is 4.74 Å². The van der Waals surface area contributed by atoms with E-state index in [0.29, 0.717) is 6.42 Å². The zero-order valence-corrected chi connectivity index (χ0v) is 12.7. The van der Waals surface area contributed by atoms with Crippen LogP contribution in [0, 0.1) is 0 Å². The second-order valence-corrected chi connectivity index (χ2v) is 6.49. The molecule has 2 rings (SSSR count). The van der Waals surface area contributed by atoms with Crippen molar-refractivity contribution in [1.82, 2.24) is 4.90 Å². The normalized spacial score (nSPS) is 24.5. The number of nitrogens with zero attached hydrogens (tertiary/aromatic N) is 1. The summed E-state index contributed by atoms with van der Waals surface area (Å²) in [6.45, 7) is 5.29. The monoisotopic (exact) mass is 281 g/mol. The Balaban J connectivity index is 1.72. The van der Waals surface area contributed by atoms with E-state index in [1.54, 1.807) is 7.11 Å². The average molecular weight is 281 g/mol. The van der Waals surface area contributed by atoms with Crippen molar-refractivity contribution in [2.45, 2.75) is 38.2 Å². The molecule has 0 amide bonds. The van der Waals surface area contributed by atoms with Crippen LogP contribution >= 0.6 is 11.3 Å². The highest BCUT2D eigenvalue weighted by Crippen LogP contribution is 2.24. The number of rotatable bonds is 6. The number of carbonyl (C=O) groups excluding carboxylic acids is 1. The van der Waals surface area contributed by atoms with Gasteiger partial charge in [-0.3, -0.25) is 4.79 Å². The lowest BCUT2D eigenvalue weighted by molar-refractivity contribution is -0.0507. The van der Waals surface area contributed by atoms with Crippen LogP contribution < -0.4 is 0 Å². The van der Waals surface area contributed by atoms with E-state index in [2.05, 4.69) is 11.8 Å². The van der Waals surface area contributed by atoms with Gasteiger partial charge in [0.25, 0.3) is 0 Å². The maximum absolute atomic E-state index is 11.9. The molecule has 106 valence electrons. The molecule has 1 aliphatic rings. The minimum atomic E-state index is -0.00396. The molecule has 1 atom stereocenters. The molecule has 0 spiro atoms. The van der Waals surface area contributed by atoms with E-state index in [1.807, 2.05) is 17.5 Å².